The molecule has 0 amide bonds. The number of hydrogen-bond acceptors (Lipinski definition) is 8. The van der Waals surface area contributed by atoms with Gasteiger partial charge >= 0.3 is 0 Å². The highest BCUT2D eigenvalue weighted by molar-refractivity contribution is 7.22. The maximum absolute atomic E-state index is 10.2. The summed E-state index contributed by atoms with van der Waals surface area (Å²) >= 11 is 3.16. The first-order valence-corrected chi connectivity index (χ1v) is 11.3. The van der Waals surface area contributed by atoms with Gasteiger partial charge in [0.05, 0.1) is 38.9 Å². The predicted octanol–water partition coefficient (Wildman–Crippen LogP) is 5.32. The van der Waals surface area contributed by atoms with E-state index >= 15 is 0 Å². The Hall–Kier alpha value is -2.55. The monoisotopic (exact) mass is 424 g/mol. The van der Waals surface area contributed by atoms with Crippen LogP contribution in [0.15, 0.2) is 48.4 Å². The van der Waals surface area contributed by atoms with Gasteiger partial charge < -0.3 is 15.2 Å². The minimum atomic E-state index is -0.298. The van der Waals surface area contributed by atoms with E-state index in [-0.39, 0.29) is 12.1 Å². The molecule has 1 aliphatic carbocycles. The maximum atomic E-state index is 10.2. The second-order valence-corrected chi connectivity index (χ2v) is 9.05. The molecule has 0 radical (unpaired) electrons. The lowest BCUT2D eigenvalue weighted by Crippen LogP contribution is -2.36. The van der Waals surface area contributed by atoms with E-state index in [0.29, 0.717) is 5.75 Å². The summed E-state index contributed by atoms with van der Waals surface area (Å²) in [7, 11) is 0. The van der Waals surface area contributed by atoms with E-state index in [1.165, 1.54) is 0 Å². The summed E-state index contributed by atoms with van der Waals surface area (Å²) in [5, 5.41) is 14.4. The van der Waals surface area contributed by atoms with Crippen molar-refractivity contribution in [3.8, 4) is 21.9 Å². The summed E-state index contributed by atoms with van der Waals surface area (Å²) < 4.78 is 7.09. The van der Waals surface area contributed by atoms with Gasteiger partial charge in [0.15, 0.2) is 5.13 Å². The number of pyridine rings is 1. The Kier molecular flexibility index (Phi) is 5.13. The van der Waals surface area contributed by atoms with Crippen molar-refractivity contribution in [1.82, 2.24) is 15.0 Å². The average Bonchev–Trinajstić information content (AvgIpc) is 3.39. The van der Waals surface area contributed by atoms with Crippen molar-refractivity contribution < 1.29 is 9.84 Å². The van der Waals surface area contributed by atoms with Gasteiger partial charge in [0.2, 0.25) is 0 Å². The molecule has 3 aromatic heterocycles. The van der Waals surface area contributed by atoms with Crippen LogP contribution in [0.4, 0.5) is 5.13 Å². The molecule has 6 nitrogen and oxygen atoms in total. The minimum absolute atomic E-state index is 0.0839. The summed E-state index contributed by atoms with van der Waals surface area (Å²) in [6, 6.07) is 7.93. The number of hydrogen-bond donors (Lipinski definition) is 2. The van der Waals surface area contributed by atoms with Crippen LogP contribution in [0.1, 0.15) is 25.7 Å². The molecule has 1 fully saturated rings. The third-order valence-electron chi connectivity index (χ3n) is 5.06. The third kappa shape index (κ3) is 4.10. The molecule has 4 aromatic rings. The van der Waals surface area contributed by atoms with Crippen LogP contribution in [0, 0.1) is 0 Å². The number of thiazole rings is 2. The lowest BCUT2D eigenvalue weighted by molar-refractivity contribution is 0.116. The molecule has 0 aliphatic heterocycles. The Labute approximate surface area is 176 Å². The Balaban J connectivity index is 1.34. The largest absolute Gasteiger partial charge is 0.456 e. The average molecular weight is 425 g/mol. The molecule has 5 rings (SSSR count). The fourth-order valence-electron chi connectivity index (χ4n) is 3.57. The van der Waals surface area contributed by atoms with Crippen molar-refractivity contribution in [1.29, 1.82) is 0 Å². The second kappa shape index (κ2) is 8.06. The van der Waals surface area contributed by atoms with Gasteiger partial charge in [0, 0.05) is 24.0 Å². The molecular formula is C21H20N4O2S2. The highest BCUT2D eigenvalue weighted by Gasteiger charge is 2.23. The summed E-state index contributed by atoms with van der Waals surface area (Å²) in [6.07, 6.45) is 9.12. The molecule has 8 heteroatoms. The normalized spacial score (nSPS) is 19.3. The standard InChI is InChI=1S/C21H20N4O2S2/c26-18-4-2-1-3-16(18)24-21-25-17-6-5-14(8-19(17)29-21)27-15-7-13(9-22-10-15)20-11-23-12-28-20/h5-12,16,18,26H,1-4H2,(H,24,25)/t16-,18-/m1/s1. The van der Waals surface area contributed by atoms with Crippen molar-refractivity contribution in [3.05, 3.63) is 48.4 Å². The first-order valence-electron chi connectivity index (χ1n) is 9.61. The minimum Gasteiger partial charge on any atom is -0.456 e. The number of nitrogens with zero attached hydrogens (tertiary/aromatic N) is 3. The Bertz CT molecular complexity index is 1110. The van der Waals surface area contributed by atoms with Crippen molar-refractivity contribution >= 4 is 38.0 Å². The molecule has 0 unspecified atom stereocenters. The fourth-order valence-corrected chi connectivity index (χ4v) is 5.13. The first-order chi connectivity index (χ1) is 14.2. The van der Waals surface area contributed by atoms with Crippen molar-refractivity contribution in [2.24, 2.45) is 0 Å². The summed E-state index contributed by atoms with van der Waals surface area (Å²) in [5.74, 6) is 1.43. The molecule has 0 spiro atoms. The van der Waals surface area contributed by atoms with Gasteiger partial charge in [0.1, 0.15) is 11.5 Å². The van der Waals surface area contributed by atoms with E-state index in [4.69, 9.17) is 4.74 Å². The third-order valence-corrected chi connectivity index (χ3v) is 6.84. The van der Waals surface area contributed by atoms with Crippen LogP contribution < -0.4 is 10.1 Å². The number of nitrogens with one attached hydrogen (secondary N) is 1. The maximum Gasteiger partial charge on any atom is 0.184 e. The molecule has 2 N–H and O–H groups in total. The quantitative estimate of drug-likeness (QED) is 0.451. The van der Waals surface area contributed by atoms with Crippen molar-refractivity contribution in [3.63, 3.8) is 0 Å². The number of ether oxygens (including phenoxy) is 1. The highest BCUT2D eigenvalue weighted by atomic mass is 32.1. The Morgan fingerprint density at radius 1 is 1.03 bits per heavy atom. The van der Waals surface area contributed by atoms with Gasteiger partial charge in [-0.2, -0.15) is 0 Å². The number of rotatable bonds is 5. The number of aromatic nitrogens is 3. The van der Waals surface area contributed by atoms with Crippen molar-refractivity contribution in [2.75, 3.05) is 5.32 Å². The number of anilines is 1. The van der Waals surface area contributed by atoms with E-state index in [1.807, 2.05) is 36.7 Å². The SMILES string of the molecule is O[C@@H]1CCCC[C@H]1Nc1nc2ccc(Oc3cncc(-c4cncs4)c3)cc2s1. The molecule has 29 heavy (non-hydrogen) atoms. The Morgan fingerprint density at radius 2 is 1.97 bits per heavy atom. The fraction of sp³-hybridized carbons (Fsp3) is 0.286. The van der Waals surface area contributed by atoms with Crippen molar-refractivity contribution in [2.45, 2.75) is 37.8 Å². The van der Waals surface area contributed by atoms with Crippen LogP contribution >= 0.6 is 22.7 Å². The lowest BCUT2D eigenvalue weighted by atomic mass is 9.93. The molecular weight excluding hydrogens is 404 g/mol. The van der Waals surface area contributed by atoms with Crippen LogP contribution in [-0.4, -0.2) is 32.2 Å². The molecule has 148 valence electrons. The summed E-state index contributed by atoms with van der Waals surface area (Å²) in [6.45, 7) is 0. The lowest BCUT2D eigenvalue weighted by Gasteiger charge is -2.27. The van der Waals surface area contributed by atoms with Gasteiger partial charge in [-0.3, -0.25) is 9.97 Å². The van der Waals surface area contributed by atoms with Gasteiger partial charge in [-0.1, -0.05) is 24.2 Å². The van der Waals surface area contributed by atoms with Gasteiger partial charge in [-0.25, -0.2) is 4.98 Å². The summed E-state index contributed by atoms with van der Waals surface area (Å²) in [4.78, 5) is 14.1. The van der Waals surface area contributed by atoms with Gasteiger partial charge in [-0.15, -0.1) is 11.3 Å². The van der Waals surface area contributed by atoms with E-state index in [1.54, 1.807) is 34.4 Å². The zero-order valence-corrected chi connectivity index (χ0v) is 17.2. The summed E-state index contributed by atoms with van der Waals surface area (Å²) in [5.41, 5.74) is 3.71. The van der Waals surface area contributed by atoms with Crippen LogP contribution in [0.2, 0.25) is 0 Å². The number of aliphatic hydroxyl groups is 1. The first kappa shape index (κ1) is 18.5. The van der Waals surface area contributed by atoms with E-state index in [0.717, 1.165) is 57.2 Å². The zero-order chi connectivity index (χ0) is 19.6. The number of aliphatic hydroxyl groups excluding tert-OH is 1. The molecule has 1 aliphatic rings. The molecule has 0 saturated heterocycles. The smallest absolute Gasteiger partial charge is 0.184 e. The molecule has 3 heterocycles. The highest BCUT2D eigenvalue weighted by Crippen LogP contribution is 2.33. The van der Waals surface area contributed by atoms with E-state index in [2.05, 4.69) is 20.3 Å². The molecule has 1 aromatic carbocycles. The van der Waals surface area contributed by atoms with Crippen LogP contribution in [-0.2, 0) is 0 Å². The second-order valence-electron chi connectivity index (χ2n) is 7.13. The van der Waals surface area contributed by atoms with Crippen LogP contribution in [0.5, 0.6) is 11.5 Å². The van der Waals surface area contributed by atoms with Gasteiger partial charge in [-0.05, 0) is 31.0 Å². The molecule has 0 bridgehead atoms. The topological polar surface area (TPSA) is 80.2 Å². The number of fused-ring (bicyclic) bond motifs is 1. The zero-order valence-electron chi connectivity index (χ0n) is 15.6. The van der Waals surface area contributed by atoms with Crippen LogP contribution in [0.25, 0.3) is 20.7 Å². The van der Waals surface area contributed by atoms with Crippen LogP contribution in [0.3, 0.4) is 0 Å². The van der Waals surface area contributed by atoms with E-state index in [9.17, 15) is 5.11 Å². The number of benzene rings is 1. The molecule has 1 saturated carbocycles. The molecule has 2 atom stereocenters. The van der Waals surface area contributed by atoms with E-state index < -0.39 is 0 Å². The Morgan fingerprint density at radius 3 is 2.83 bits per heavy atom. The van der Waals surface area contributed by atoms with Gasteiger partial charge in [0.25, 0.3) is 0 Å². The predicted molar refractivity (Wildman–Crippen MR) is 117 cm³/mol.